The van der Waals surface area contributed by atoms with E-state index in [1.807, 2.05) is 18.5 Å². The van der Waals surface area contributed by atoms with Gasteiger partial charge in [-0.3, -0.25) is 19.2 Å². The van der Waals surface area contributed by atoms with E-state index in [0.717, 1.165) is 37.4 Å². The minimum absolute atomic E-state index is 0.127. The van der Waals surface area contributed by atoms with Gasteiger partial charge in [0.2, 0.25) is 5.91 Å². The Balaban J connectivity index is 1.32. The number of hydrogen-bond acceptors (Lipinski definition) is 4. The smallest absolute Gasteiger partial charge is 0.368 e. The summed E-state index contributed by atoms with van der Waals surface area (Å²) in [5, 5.41) is 4.65. The summed E-state index contributed by atoms with van der Waals surface area (Å²) in [5.74, 6) is -0.559. The van der Waals surface area contributed by atoms with Gasteiger partial charge >= 0.3 is 6.18 Å². The van der Waals surface area contributed by atoms with E-state index in [1.165, 1.54) is 12.1 Å². The Bertz CT molecular complexity index is 1180. The first-order valence-electron chi connectivity index (χ1n) is 13.1. The van der Waals surface area contributed by atoms with Crippen molar-refractivity contribution in [3.63, 3.8) is 0 Å². The van der Waals surface area contributed by atoms with Crippen LogP contribution in [0.3, 0.4) is 0 Å². The topological polar surface area (TPSA) is 84.5 Å². The predicted octanol–water partition coefficient (Wildman–Crippen LogP) is 4.31. The van der Waals surface area contributed by atoms with Gasteiger partial charge in [0.05, 0.1) is 34.6 Å². The fourth-order valence-corrected chi connectivity index (χ4v) is 5.90. The molecule has 1 aromatic carbocycles. The number of aromatic nitrogens is 2. The van der Waals surface area contributed by atoms with Gasteiger partial charge in [0.15, 0.2) is 0 Å². The Morgan fingerprint density at radius 3 is 2.27 bits per heavy atom. The van der Waals surface area contributed by atoms with Crippen LogP contribution in [0.4, 0.5) is 13.2 Å². The molecule has 3 heterocycles. The molecular weight excluding hydrogens is 483 g/mol. The summed E-state index contributed by atoms with van der Waals surface area (Å²) in [6.45, 7) is 5.78. The van der Waals surface area contributed by atoms with E-state index < -0.39 is 17.3 Å². The van der Waals surface area contributed by atoms with Crippen LogP contribution in [0.5, 0.6) is 0 Å². The summed E-state index contributed by atoms with van der Waals surface area (Å²) < 4.78 is 42.7. The van der Waals surface area contributed by atoms with Crippen molar-refractivity contribution < 1.29 is 22.8 Å². The highest BCUT2D eigenvalue weighted by molar-refractivity contribution is 5.95. The molecule has 3 fully saturated rings. The molecule has 7 nitrogen and oxygen atoms in total. The Morgan fingerprint density at radius 1 is 0.973 bits per heavy atom. The highest BCUT2D eigenvalue weighted by Crippen LogP contribution is 2.44. The van der Waals surface area contributed by atoms with Crippen molar-refractivity contribution in [2.24, 2.45) is 5.73 Å². The minimum atomic E-state index is -4.42. The number of piperidine rings is 1. The summed E-state index contributed by atoms with van der Waals surface area (Å²) in [5.41, 5.74) is 6.05. The predicted molar refractivity (Wildman–Crippen MR) is 132 cm³/mol. The van der Waals surface area contributed by atoms with Gasteiger partial charge in [0.1, 0.15) is 0 Å². The Kier molecular flexibility index (Phi) is 6.58. The zero-order chi connectivity index (χ0) is 26.5. The van der Waals surface area contributed by atoms with Gasteiger partial charge in [-0.05, 0) is 57.6 Å². The van der Waals surface area contributed by atoms with Gasteiger partial charge in [-0.15, -0.1) is 0 Å². The molecule has 2 N–H and O–H groups in total. The summed E-state index contributed by atoms with van der Waals surface area (Å²) in [6.07, 6.45) is 1.32. The number of hydrogen-bond donors (Lipinski definition) is 1. The van der Waals surface area contributed by atoms with Crippen molar-refractivity contribution in [1.82, 2.24) is 19.6 Å². The lowest BCUT2D eigenvalue weighted by atomic mass is 9.93. The van der Waals surface area contributed by atoms with Crippen LogP contribution in [-0.4, -0.2) is 63.1 Å². The lowest BCUT2D eigenvalue weighted by Gasteiger charge is -2.41. The molecule has 0 unspecified atom stereocenters. The molecule has 1 aromatic heterocycles. The Hall–Kier alpha value is -2.88. The molecule has 2 amide bonds. The van der Waals surface area contributed by atoms with Crippen LogP contribution in [0, 0.1) is 0 Å². The van der Waals surface area contributed by atoms with Gasteiger partial charge < -0.3 is 10.6 Å². The molecule has 0 bridgehead atoms. The molecule has 10 heteroatoms. The van der Waals surface area contributed by atoms with Crippen molar-refractivity contribution >= 4 is 11.8 Å². The maximum absolute atomic E-state index is 13.6. The zero-order valence-electron chi connectivity index (χ0n) is 21.3. The fraction of sp³-hybridized carbons (Fsp3) is 0.593. The number of nitrogens with two attached hydrogens (primary N) is 1. The van der Waals surface area contributed by atoms with Crippen LogP contribution >= 0.6 is 0 Å². The number of carbonyl (C=O) groups excluding carboxylic acids is 2. The number of halogens is 3. The molecule has 2 aromatic rings. The van der Waals surface area contributed by atoms with E-state index in [-0.39, 0.29) is 41.8 Å². The number of primary amides is 1. The van der Waals surface area contributed by atoms with E-state index in [0.29, 0.717) is 31.6 Å². The molecule has 2 aliphatic heterocycles. The normalized spacial score (nSPS) is 22.0. The largest absolute Gasteiger partial charge is 0.416 e. The van der Waals surface area contributed by atoms with Gasteiger partial charge in [-0.2, -0.15) is 18.3 Å². The molecule has 200 valence electrons. The first-order valence-corrected chi connectivity index (χ1v) is 13.1. The Labute approximate surface area is 214 Å². The average molecular weight is 518 g/mol. The summed E-state index contributed by atoms with van der Waals surface area (Å²) in [7, 11) is 0. The number of alkyl halides is 3. The molecule has 3 aliphatic rings. The van der Waals surface area contributed by atoms with E-state index in [2.05, 4.69) is 10.00 Å². The third kappa shape index (κ3) is 4.87. The minimum Gasteiger partial charge on any atom is -0.368 e. The molecule has 0 spiro atoms. The molecule has 1 saturated carbocycles. The van der Waals surface area contributed by atoms with Crippen molar-refractivity contribution in [3.8, 4) is 0 Å². The number of carbonyl (C=O) groups is 2. The SMILES string of the molecule is CC(C)(C(N)=O)N1CCC(n2ncc(C(=O)N3CC[C@@H](c4ccccc4C(F)(F)F)C3)c2C2CC2)CC1. The lowest BCUT2D eigenvalue weighted by Crippen LogP contribution is -2.55. The highest BCUT2D eigenvalue weighted by Gasteiger charge is 2.41. The molecular formula is C27H34F3N5O2. The van der Waals surface area contributed by atoms with E-state index in [9.17, 15) is 22.8 Å². The quantitative estimate of drug-likeness (QED) is 0.619. The molecule has 1 atom stereocenters. The van der Waals surface area contributed by atoms with Crippen LogP contribution in [-0.2, 0) is 11.0 Å². The van der Waals surface area contributed by atoms with Crippen LogP contribution in [0.15, 0.2) is 30.5 Å². The van der Waals surface area contributed by atoms with Gasteiger partial charge in [-0.25, -0.2) is 0 Å². The van der Waals surface area contributed by atoms with E-state index >= 15 is 0 Å². The van der Waals surface area contributed by atoms with E-state index in [1.54, 1.807) is 17.2 Å². The van der Waals surface area contributed by atoms with Crippen molar-refractivity contribution in [2.75, 3.05) is 26.2 Å². The number of likely N-dealkylation sites (tertiary alicyclic amines) is 2. The van der Waals surface area contributed by atoms with Gasteiger partial charge in [0.25, 0.3) is 5.91 Å². The number of amides is 2. The second kappa shape index (κ2) is 9.45. The van der Waals surface area contributed by atoms with Crippen molar-refractivity contribution in [1.29, 1.82) is 0 Å². The third-order valence-corrected chi connectivity index (χ3v) is 8.41. The zero-order valence-corrected chi connectivity index (χ0v) is 21.3. The standard InChI is InChI=1S/C27H34F3N5O2/c1-26(2,25(31)37)34-13-10-19(11-14-34)35-23(17-7-8-17)21(15-32-35)24(36)33-12-9-18(16-33)20-5-3-4-6-22(20)27(28,29)30/h3-6,15,17-19H,7-14,16H2,1-2H3,(H2,31,37)/t18-/m1/s1. The maximum Gasteiger partial charge on any atom is 0.416 e. The first kappa shape index (κ1) is 25.8. The molecule has 2 saturated heterocycles. The molecule has 0 radical (unpaired) electrons. The van der Waals surface area contributed by atoms with Crippen LogP contribution in [0.25, 0.3) is 0 Å². The number of rotatable bonds is 6. The summed E-state index contributed by atoms with van der Waals surface area (Å²) >= 11 is 0. The average Bonchev–Trinajstić information content (AvgIpc) is 3.41. The van der Waals surface area contributed by atoms with Crippen LogP contribution < -0.4 is 5.73 Å². The highest BCUT2D eigenvalue weighted by atomic mass is 19.4. The van der Waals surface area contributed by atoms with Crippen LogP contribution in [0.1, 0.15) is 91.0 Å². The van der Waals surface area contributed by atoms with Crippen LogP contribution in [0.2, 0.25) is 0 Å². The molecule has 1 aliphatic carbocycles. The maximum atomic E-state index is 13.6. The van der Waals surface area contributed by atoms with E-state index in [4.69, 9.17) is 5.73 Å². The summed E-state index contributed by atoms with van der Waals surface area (Å²) in [6, 6.07) is 5.80. The molecule has 37 heavy (non-hydrogen) atoms. The second-order valence-electron chi connectivity index (χ2n) is 11.1. The van der Waals surface area contributed by atoms with Crippen molar-refractivity contribution in [3.05, 3.63) is 52.8 Å². The van der Waals surface area contributed by atoms with Crippen molar-refractivity contribution in [2.45, 2.75) is 75.5 Å². The summed E-state index contributed by atoms with van der Waals surface area (Å²) in [4.78, 5) is 29.3. The van der Waals surface area contributed by atoms with Gasteiger partial charge in [-0.1, -0.05) is 18.2 Å². The monoisotopic (exact) mass is 517 g/mol. The number of benzene rings is 1. The van der Waals surface area contributed by atoms with Gasteiger partial charge in [0, 0.05) is 38.0 Å². The first-order chi connectivity index (χ1) is 17.5. The Morgan fingerprint density at radius 2 is 1.65 bits per heavy atom. The molecule has 5 rings (SSSR count). The second-order valence-corrected chi connectivity index (χ2v) is 11.1. The number of nitrogens with zero attached hydrogens (tertiary/aromatic N) is 4. The third-order valence-electron chi connectivity index (χ3n) is 8.41. The fourth-order valence-electron chi connectivity index (χ4n) is 5.90. The lowest BCUT2D eigenvalue weighted by molar-refractivity contribution is -0.138.